The van der Waals surface area contributed by atoms with Crippen molar-refractivity contribution in [3.05, 3.63) is 29.1 Å². The van der Waals surface area contributed by atoms with Crippen LogP contribution < -0.4 is 5.73 Å². The molecule has 0 amide bonds. The van der Waals surface area contributed by atoms with Crippen LogP contribution in [-0.4, -0.2) is 22.9 Å². The first-order valence-electron chi connectivity index (χ1n) is 4.40. The fraction of sp³-hybridized carbons (Fsp3) is 0.222. The van der Waals surface area contributed by atoms with Gasteiger partial charge in [0.2, 0.25) is 5.82 Å². The molecular weight excluding hydrogens is 281 g/mol. The molecule has 3 nitrogen and oxygen atoms in total. The van der Waals surface area contributed by atoms with Gasteiger partial charge >= 0.3 is 5.97 Å². The van der Waals surface area contributed by atoms with E-state index in [4.69, 9.17) is 10.8 Å². The van der Waals surface area contributed by atoms with Crippen LogP contribution in [0.4, 0.5) is 22.0 Å². The summed E-state index contributed by atoms with van der Waals surface area (Å²) in [6.45, 7) is 0. The van der Waals surface area contributed by atoms with Crippen molar-refractivity contribution in [1.82, 2.24) is 0 Å². The molecule has 0 aliphatic heterocycles. The van der Waals surface area contributed by atoms with E-state index in [0.29, 0.717) is 0 Å². The molecule has 0 spiro atoms. The highest BCUT2D eigenvalue weighted by atomic mass is 32.2. The summed E-state index contributed by atoms with van der Waals surface area (Å²) in [5.41, 5.74) is 5.04. The zero-order valence-corrected chi connectivity index (χ0v) is 9.33. The Bertz CT molecular complexity index is 467. The highest BCUT2D eigenvalue weighted by molar-refractivity contribution is 7.99. The Morgan fingerprint density at radius 3 is 1.83 bits per heavy atom. The topological polar surface area (TPSA) is 63.3 Å². The van der Waals surface area contributed by atoms with Gasteiger partial charge in [-0.25, -0.2) is 22.0 Å². The number of carboxylic acid groups (broad SMARTS) is 1. The van der Waals surface area contributed by atoms with Crippen LogP contribution in [0.2, 0.25) is 0 Å². The lowest BCUT2D eigenvalue weighted by Gasteiger charge is -2.09. The van der Waals surface area contributed by atoms with Crippen LogP contribution >= 0.6 is 11.8 Å². The van der Waals surface area contributed by atoms with Gasteiger partial charge in [-0.2, -0.15) is 0 Å². The fourth-order valence-corrected chi connectivity index (χ4v) is 1.88. The number of carbonyl (C=O) groups is 1. The third-order valence-electron chi connectivity index (χ3n) is 1.89. The third kappa shape index (κ3) is 2.72. The molecule has 3 N–H and O–H groups in total. The molecule has 1 atom stereocenters. The molecule has 0 radical (unpaired) electrons. The second kappa shape index (κ2) is 5.53. The first kappa shape index (κ1) is 14.7. The molecule has 1 rings (SSSR count). The average molecular weight is 287 g/mol. The van der Waals surface area contributed by atoms with Crippen LogP contribution in [0, 0.1) is 29.1 Å². The number of halogens is 5. The van der Waals surface area contributed by atoms with E-state index in [1.54, 1.807) is 0 Å². The summed E-state index contributed by atoms with van der Waals surface area (Å²) in [5, 5.41) is 8.42. The van der Waals surface area contributed by atoms with Crippen molar-refractivity contribution in [3.8, 4) is 0 Å². The molecule has 0 aliphatic carbocycles. The monoisotopic (exact) mass is 287 g/mol. The van der Waals surface area contributed by atoms with Gasteiger partial charge < -0.3 is 10.8 Å². The third-order valence-corrected chi connectivity index (χ3v) is 3.07. The number of aliphatic carboxylic acids is 1. The molecule has 0 fully saturated rings. The Labute approximate surface area is 102 Å². The minimum absolute atomic E-state index is 0.145. The van der Waals surface area contributed by atoms with Crippen molar-refractivity contribution in [2.24, 2.45) is 5.73 Å². The summed E-state index contributed by atoms with van der Waals surface area (Å²) in [6, 6.07) is -1.48. The van der Waals surface area contributed by atoms with Gasteiger partial charge in [-0.3, -0.25) is 4.79 Å². The molecular formula is C9H6F5NO2S. The lowest BCUT2D eigenvalue weighted by molar-refractivity contribution is -0.137. The molecule has 18 heavy (non-hydrogen) atoms. The zero-order valence-electron chi connectivity index (χ0n) is 8.52. The van der Waals surface area contributed by atoms with Crippen LogP contribution in [0.3, 0.4) is 0 Å². The first-order valence-corrected chi connectivity index (χ1v) is 5.38. The Morgan fingerprint density at radius 2 is 1.44 bits per heavy atom. The summed E-state index contributed by atoms with van der Waals surface area (Å²) < 4.78 is 64.4. The van der Waals surface area contributed by atoms with Crippen molar-refractivity contribution in [3.63, 3.8) is 0 Å². The number of benzene rings is 1. The highest BCUT2D eigenvalue weighted by Gasteiger charge is 2.26. The Kier molecular flexibility index (Phi) is 4.52. The number of rotatable bonds is 4. The number of carboxylic acids is 1. The standard InChI is InChI=1S/C9H6F5NO2S/c10-3-4(11)6(13)8(7(14)5(3)12)18-1-2(15)9(16)17/h2H,1,15H2,(H,16,17). The predicted molar refractivity (Wildman–Crippen MR) is 52.6 cm³/mol. The number of hydrogen-bond donors (Lipinski definition) is 2. The molecule has 0 aromatic heterocycles. The molecule has 0 saturated carbocycles. The molecule has 0 aliphatic rings. The van der Waals surface area contributed by atoms with E-state index in [1.807, 2.05) is 0 Å². The van der Waals surface area contributed by atoms with Crippen molar-refractivity contribution < 1.29 is 31.9 Å². The average Bonchev–Trinajstić information content (AvgIpc) is 2.33. The van der Waals surface area contributed by atoms with E-state index in [0.717, 1.165) is 0 Å². The zero-order chi connectivity index (χ0) is 14.0. The maximum Gasteiger partial charge on any atom is 0.321 e. The van der Waals surface area contributed by atoms with Crippen LogP contribution in [0.1, 0.15) is 0 Å². The highest BCUT2D eigenvalue weighted by Crippen LogP contribution is 2.30. The second-order valence-corrected chi connectivity index (χ2v) is 4.19. The maximum absolute atomic E-state index is 13.1. The van der Waals surface area contributed by atoms with Gasteiger partial charge in [0.05, 0.1) is 4.90 Å². The summed E-state index contributed by atoms with van der Waals surface area (Å²) in [7, 11) is 0. The summed E-state index contributed by atoms with van der Waals surface area (Å²) in [5.74, 6) is -12.4. The molecule has 1 unspecified atom stereocenters. The van der Waals surface area contributed by atoms with Crippen LogP contribution in [0.5, 0.6) is 0 Å². The number of thioether (sulfide) groups is 1. The Hall–Kier alpha value is -1.35. The SMILES string of the molecule is NC(CSc1c(F)c(F)c(F)c(F)c1F)C(=O)O. The normalized spacial score (nSPS) is 12.6. The molecule has 0 bridgehead atoms. The Balaban J connectivity index is 3.07. The smallest absolute Gasteiger partial charge is 0.321 e. The molecule has 0 heterocycles. The van der Waals surface area contributed by atoms with E-state index in [9.17, 15) is 26.7 Å². The van der Waals surface area contributed by atoms with Crippen molar-refractivity contribution in [2.45, 2.75) is 10.9 Å². The molecule has 100 valence electrons. The van der Waals surface area contributed by atoms with Crippen molar-refractivity contribution in [2.75, 3.05) is 5.75 Å². The first-order chi connectivity index (χ1) is 8.27. The summed E-state index contributed by atoms with van der Waals surface area (Å²) >= 11 is 0.145. The lowest BCUT2D eigenvalue weighted by atomic mass is 10.3. The van der Waals surface area contributed by atoms with E-state index in [1.165, 1.54) is 0 Å². The molecule has 0 saturated heterocycles. The van der Waals surface area contributed by atoms with Crippen molar-refractivity contribution >= 4 is 17.7 Å². The Morgan fingerprint density at radius 1 is 1.06 bits per heavy atom. The lowest BCUT2D eigenvalue weighted by Crippen LogP contribution is -2.32. The predicted octanol–water partition coefficient (Wildman–Crippen LogP) is 1.89. The van der Waals surface area contributed by atoms with Crippen LogP contribution in [0.25, 0.3) is 0 Å². The van der Waals surface area contributed by atoms with Gasteiger partial charge in [0.25, 0.3) is 0 Å². The largest absolute Gasteiger partial charge is 0.480 e. The minimum atomic E-state index is -2.27. The van der Waals surface area contributed by atoms with Gasteiger partial charge in [0, 0.05) is 5.75 Å². The van der Waals surface area contributed by atoms with E-state index >= 15 is 0 Å². The number of hydrogen-bond acceptors (Lipinski definition) is 3. The van der Waals surface area contributed by atoms with E-state index in [2.05, 4.69) is 0 Å². The van der Waals surface area contributed by atoms with Crippen LogP contribution in [-0.2, 0) is 4.79 Å². The maximum atomic E-state index is 13.1. The van der Waals surface area contributed by atoms with Gasteiger partial charge in [-0.05, 0) is 0 Å². The minimum Gasteiger partial charge on any atom is -0.480 e. The van der Waals surface area contributed by atoms with E-state index < -0.39 is 51.7 Å². The van der Waals surface area contributed by atoms with Gasteiger partial charge in [-0.1, -0.05) is 0 Å². The van der Waals surface area contributed by atoms with E-state index in [-0.39, 0.29) is 11.8 Å². The van der Waals surface area contributed by atoms with Gasteiger partial charge in [0.1, 0.15) is 6.04 Å². The van der Waals surface area contributed by atoms with Gasteiger partial charge in [-0.15, -0.1) is 11.8 Å². The molecule has 9 heteroatoms. The fourth-order valence-electron chi connectivity index (χ4n) is 0.956. The number of nitrogens with two attached hydrogens (primary N) is 1. The molecule has 1 aromatic rings. The second-order valence-electron chi connectivity index (χ2n) is 3.15. The van der Waals surface area contributed by atoms with Crippen LogP contribution in [0.15, 0.2) is 4.90 Å². The quantitative estimate of drug-likeness (QED) is 0.384. The van der Waals surface area contributed by atoms with Gasteiger partial charge in [0.15, 0.2) is 23.3 Å². The molecule has 1 aromatic carbocycles. The summed E-state index contributed by atoms with van der Waals surface area (Å²) in [6.07, 6.45) is 0. The summed E-state index contributed by atoms with van der Waals surface area (Å²) in [4.78, 5) is 9.19. The van der Waals surface area contributed by atoms with Crippen molar-refractivity contribution in [1.29, 1.82) is 0 Å².